The van der Waals surface area contributed by atoms with Gasteiger partial charge in [-0.25, -0.2) is 13.1 Å². The van der Waals surface area contributed by atoms with Gasteiger partial charge in [0, 0.05) is 24.1 Å². The highest BCUT2D eigenvalue weighted by Crippen LogP contribution is 2.56. The van der Waals surface area contributed by atoms with E-state index in [4.69, 9.17) is 9.47 Å². The third kappa shape index (κ3) is 3.47. The average molecular weight is 469 g/mol. The van der Waals surface area contributed by atoms with Gasteiger partial charge in [-0.15, -0.1) is 0 Å². The van der Waals surface area contributed by atoms with Crippen LogP contribution in [0.3, 0.4) is 0 Å². The van der Waals surface area contributed by atoms with Gasteiger partial charge in [-0.2, -0.15) is 0 Å². The first-order valence-corrected chi connectivity index (χ1v) is 12.7. The van der Waals surface area contributed by atoms with Crippen LogP contribution in [0, 0.1) is 0 Å². The van der Waals surface area contributed by atoms with Gasteiger partial charge in [0.25, 0.3) is 10.0 Å². The minimum Gasteiger partial charge on any atom is -0.496 e. The van der Waals surface area contributed by atoms with Gasteiger partial charge in [-0.3, -0.25) is 4.79 Å². The summed E-state index contributed by atoms with van der Waals surface area (Å²) in [4.78, 5) is 13.6. The van der Waals surface area contributed by atoms with Crippen molar-refractivity contribution in [1.82, 2.24) is 9.29 Å². The zero-order valence-corrected chi connectivity index (χ0v) is 19.9. The van der Waals surface area contributed by atoms with Crippen LogP contribution in [0.5, 0.6) is 11.5 Å². The van der Waals surface area contributed by atoms with E-state index >= 15 is 0 Å². The molecule has 3 aromatic rings. The molecule has 33 heavy (non-hydrogen) atoms. The van der Waals surface area contributed by atoms with Crippen molar-refractivity contribution in [1.29, 1.82) is 0 Å². The van der Waals surface area contributed by atoms with Gasteiger partial charge in [0.05, 0.1) is 30.1 Å². The molecule has 0 unspecified atom stereocenters. The van der Waals surface area contributed by atoms with Crippen molar-refractivity contribution in [3.05, 3.63) is 53.7 Å². The molecule has 2 aliphatic rings. The summed E-state index contributed by atoms with van der Waals surface area (Å²) in [5, 5.41) is 0.574. The normalized spacial score (nSPS) is 17.4. The Bertz CT molecular complexity index is 1330. The molecule has 174 valence electrons. The van der Waals surface area contributed by atoms with E-state index in [-0.39, 0.29) is 4.90 Å². The molecule has 1 N–H and O–H groups in total. The minimum atomic E-state index is -4.07. The molecule has 1 heterocycles. The standard InChI is InChI=1S/C25H28N2O5S/c1-27-13-10-18-19(27)8-5-9-22(18)33(29,30)26-24(28)25(11-12-25)23-20(31-2)14-17(15-21(23)32-3)16-6-4-7-16/h5,8-10,13-16H,4,6-7,11-12H2,1-3H3,(H,26,28). The highest BCUT2D eigenvalue weighted by atomic mass is 32.2. The second kappa shape index (κ2) is 7.80. The number of hydrogen-bond acceptors (Lipinski definition) is 5. The molecule has 0 bridgehead atoms. The van der Waals surface area contributed by atoms with Crippen molar-refractivity contribution in [3.8, 4) is 11.5 Å². The number of methoxy groups -OCH3 is 2. The topological polar surface area (TPSA) is 86.6 Å². The number of aryl methyl sites for hydroxylation is 1. The van der Waals surface area contributed by atoms with Crippen LogP contribution in [0.4, 0.5) is 0 Å². The molecule has 0 spiro atoms. The van der Waals surface area contributed by atoms with Crippen LogP contribution in [-0.4, -0.2) is 33.1 Å². The number of aromatic nitrogens is 1. The summed E-state index contributed by atoms with van der Waals surface area (Å²) >= 11 is 0. The molecular weight excluding hydrogens is 440 g/mol. The number of amides is 1. The third-order valence-corrected chi connectivity index (χ3v) is 8.56. The zero-order chi connectivity index (χ0) is 23.4. The Kier molecular flexibility index (Phi) is 5.16. The molecule has 0 radical (unpaired) electrons. The Morgan fingerprint density at radius 3 is 2.30 bits per heavy atom. The van der Waals surface area contributed by atoms with Crippen LogP contribution < -0.4 is 14.2 Å². The van der Waals surface area contributed by atoms with Crippen molar-refractivity contribution in [2.75, 3.05) is 14.2 Å². The fourth-order valence-corrected chi connectivity index (χ4v) is 6.15. The van der Waals surface area contributed by atoms with Crippen molar-refractivity contribution in [2.24, 2.45) is 7.05 Å². The van der Waals surface area contributed by atoms with Gasteiger partial charge in [-0.05, 0) is 67.5 Å². The van der Waals surface area contributed by atoms with E-state index in [1.807, 2.05) is 29.8 Å². The van der Waals surface area contributed by atoms with Crippen LogP contribution in [0.1, 0.15) is 49.1 Å². The number of hydrogen-bond donors (Lipinski definition) is 1. The predicted molar refractivity (Wildman–Crippen MR) is 125 cm³/mol. The van der Waals surface area contributed by atoms with Crippen LogP contribution in [-0.2, 0) is 27.3 Å². The zero-order valence-electron chi connectivity index (χ0n) is 19.1. The number of fused-ring (bicyclic) bond motifs is 1. The Morgan fingerprint density at radius 1 is 1.09 bits per heavy atom. The van der Waals surface area contributed by atoms with Crippen molar-refractivity contribution < 1.29 is 22.7 Å². The first-order valence-electron chi connectivity index (χ1n) is 11.2. The molecule has 1 amide bonds. The lowest BCUT2D eigenvalue weighted by Crippen LogP contribution is -2.39. The number of rotatable bonds is 7. The molecule has 2 fully saturated rings. The summed E-state index contributed by atoms with van der Waals surface area (Å²) in [5.41, 5.74) is 1.55. The first kappa shape index (κ1) is 21.8. The van der Waals surface area contributed by atoms with E-state index in [1.165, 1.54) is 12.5 Å². The fourth-order valence-electron chi connectivity index (χ4n) is 4.88. The number of nitrogens with zero attached hydrogens (tertiary/aromatic N) is 1. The van der Waals surface area contributed by atoms with E-state index < -0.39 is 21.3 Å². The summed E-state index contributed by atoms with van der Waals surface area (Å²) in [6.45, 7) is 0. The highest BCUT2D eigenvalue weighted by molar-refractivity contribution is 7.90. The first-order chi connectivity index (χ1) is 15.8. The molecule has 5 rings (SSSR count). The molecule has 2 aromatic carbocycles. The maximum Gasteiger partial charge on any atom is 0.264 e. The van der Waals surface area contributed by atoms with Gasteiger partial charge >= 0.3 is 0 Å². The molecule has 7 nitrogen and oxygen atoms in total. The second-order valence-electron chi connectivity index (χ2n) is 9.06. The summed E-state index contributed by atoms with van der Waals surface area (Å²) in [7, 11) is 0.922. The molecule has 2 aliphatic carbocycles. The molecule has 0 saturated heterocycles. The molecule has 8 heteroatoms. The van der Waals surface area contributed by atoms with Gasteiger partial charge in [0.1, 0.15) is 11.5 Å². The van der Waals surface area contributed by atoms with Gasteiger partial charge < -0.3 is 14.0 Å². The maximum absolute atomic E-state index is 13.5. The number of carbonyl (C=O) groups is 1. The number of benzene rings is 2. The highest BCUT2D eigenvalue weighted by Gasteiger charge is 2.56. The number of nitrogens with one attached hydrogen (secondary N) is 1. The van der Waals surface area contributed by atoms with E-state index in [1.54, 1.807) is 32.5 Å². The van der Waals surface area contributed by atoms with Crippen molar-refractivity contribution in [3.63, 3.8) is 0 Å². The lowest BCUT2D eigenvalue weighted by atomic mass is 9.79. The molecule has 2 saturated carbocycles. The van der Waals surface area contributed by atoms with Crippen LogP contribution in [0.15, 0.2) is 47.5 Å². The summed E-state index contributed by atoms with van der Waals surface area (Å²) in [5.74, 6) is 1.07. The monoisotopic (exact) mass is 468 g/mol. The lowest BCUT2D eigenvalue weighted by molar-refractivity contribution is -0.121. The Labute approximate surface area is 193 Å². The maximum atomic E-state index is 13.5. The summed E-state index contributed by atoms with van der Waals surface area (Å²) < 4.78 is 42.1. The van der Waals surface area contributed by atoms with Gasteiger partial charge in [0.15, 0.2) is 0 Å². The van der Waals surface area contributed by atoms with Crippen LogP contribution in [0.2, 0.25) is 0 Å². The Hall–Kier alpha value is -3.00. The quantitative estimate of drug-likeness (QED) is 0.566. The van der Waals surface area contributed by atoms with E-state index in [0.717, 1.165) is 23.9 Å². The number of ether oxygens (including phenoxy) is 2. The molecular formula is C25H28N2O5S. The SMILES string of the molecule is COc1cc(C2CCC2)cc(OC)c1C1(C(=O)NS(=O)(=O)c2cccc3c2ccn3C)CC1. The van der Waals surface area contributed by atoms with Crippen LogP contribution in [0.25, 0.3) is 10.9 Å². The van der Waals surface area contributed by atoms with Gasteiger partial charge in [0.2, 0.25) is 5.91 Å². The van der Waals surface area contributed by atoms with Crippen molar-refractivity contribution in [2.45, 2.75) is 48.3 Å². The molecule has 0 aliphatic heterocycles. The number of sulfonamides is 1. The number of carbonyl (C=O) groups excluding carboxylic acids is 1. The van der Waals surface area contributed by atoms with E-state index in [9.17, 15) is 13.2 Å². The Morgan fingerprint density at radius 2 is 1.76 bits per heavy atom. The smallest absolute Gasteiger partial charge is 0.264 e. The van der Waals surface area contributed by atoms with Gasteiger partial charge in [-0.1, -0.05) is 12.5 Å². The fraction of sp³-hybridized carbons (Fsp3) is 0.400. The average Bonchev–Trinajstić information content (AvgIpc) is 3.48. The lowest BCUT2D eigenvalue weighted by Gasteiger charge is -2.28. The van der Waals surface area contributed by atoms with Crippen molar-refractivity contribution >= 4 is 26.8 Å². The largest absolute Gasteiger partial charge is 0.496 e. The Balaban J connectivity index is 1.51. The third-order valence-electron chi connectivity index (χ3n) is 7.17. The van der Waals surface area contributed by atoms with E-state index in [0.29, 0.717) is 41.2 Å². The summed E-state index contributed by atoms with van der Waals surface area (Å²) in [6.07, 6.45) is 6.31. The summed E-state index contributed by atoms with van der Waals surface area (Å²) in [6, 6.07) is 10.7. The molecule has 0 atom stereocenters. The second-order valence-corrected chi connectivity index (χ2v) is 10.7. The van der Waals surface area contributed by atoms with Crippen LogP contribution >= 0.6 is 0 Å². The minimum absolute atomic E-state index is 0.0870. The molecule has 1 aromatic heterocycles. The predicted octanol–water partition coefficient (Wildman–Crippen LogP) is 4.00. The van der Waals surface area contributed by atoms with E-state index in [2.05, 4.69) is 4.72 Å².